The second-order valence-electron chi connectivity index (χ2n) is 4.61. The van der Waals surface area contributed by atoms with E-state index >= 15 is 0 Å². The van der Waals surface area contributed by atoms with E-state index in [9.17, 15) is 4.79 Å². The molecule has 0 saturated heterocycles. The van der Waals surface area contributed by atoms with E-state index in [0.717, 1.165) is 16.1 Å². The minimum Gasteiger partial charge on any atom is -0.337 e. The molecule has 0 bridgehead atoms. The zero-order chi connectivity index (χ0) is 15.2. The molecule has 1 amide bonds. The largest absolute Gasteiger partial charge is 0.337 e. The number of aromatic nitrogens is 1. The van der Waals surface area contributed by atoms with Gasteiger partial charge in [-0.3, -0.25) is 4.79 Å². The molecular weight excluding hydrogens is 282 g/mol. The van der Waals surface area contributed by atoms with E-state index in [4.69, 9.17) is 5.73 Å². The summed E-state index contributed by atoms with van der Waals surface area (Å²) >= 11 is 1.41. The fourth-order valence-corrected chi connectivity index (χ4v) is 2.61. The predicted octanol–water partition coefficient (Wildman–Crippen LogP) is 2.03. The van der Waals surface area contributed by atoms with Gasteiger partial charge in [-0.15, -0.1) is 11.3 Å². The van der Waals surface area contributed by atoms with Crippen molar-refractivity contribution in [3.63, 3.8) is 0 Å². The third-order valence-corrected chi connectivity index (χ3v) is 3.79. The first-order chi connectivity index (χ1) is 10.1. The molecule has 2 rings (SSSR count). The van der Waals surface area contributed by atoms with Crippen molar-refractivity contribution in [3.05, 3.63) is 51.5 Å². The standard InChI is InChI=1S/C16H17N3OS/c1-12-18-10-15(21-12)16(20)19(2)11-14-7-5-13(6-8-14)4-3-9-17/h5-8,10H,9,11,17H2,1-2H3. The number of hydrogen-bond donors (Lipinski definition) is 1. The summed E-state index contributed by atoms with van der Waals surface area (Å²) in [5.41, 5.74) is 7.33. The molecule has 0 aliphatic carbocycles. The minimum absolute atomic E-state index is 0.00685. The highest BCUT2D eigenvalue weighted by Gasteiger charge is 2.14. The van der Waals surface area contributed by atoms with Crippen LogP contribution in [0.15, 0.2) is 30.5 Å². The van der Waals surface area contributed by atoms with Gasteiger partial charge in [0.2, 0.25) is 0 Å². The predicted molar refractivity (Wildman–Crippen MR) is 85.0 cm³/mol. The summed E-state index contributed by atoms with van der Waals surface area (Å²) in [6, 6.07) is 7.82. The summed E-state index contributed by atoms with van der Waals surface area (Å²) in [5.74, 6) is 5.78. The molecule has 0 saturated carbocycles. The fourth-order valence-electron chi connectivity index (χ4n) is 1.84. The number of hydrogen-bond acceptors (Lipinski definition) is 4. The van der Waals surface area contributed by atoms with Gasteiger partial charge in [-0.2, -0.15) is 0 Å². The molecule has 0 aliphatic rings. The molecule has 1 aromatic carbocycles. The fraction of sp³-hybridized carbons (Fsp3) is 0.250. The Morgan fingerprint density at radius 1 is 1.38 bits per heavy atom. The van der Waals surface area contributed by atoms with Crippen molar-refractivity contribution >= 4 is 17.2 Å². The molecule has 0 unspecified atom stereocenters. The van der Waals surface area contributed by atoms with Crippen molar-refractivity contribution in [2.75, 3.05) is 13.6 Å². The highest BCUT2D eigenvalue weighted by atomic mass is 32.1. The highest BCUT2D eigenvalue weighted by Crippen LogP contribution is 2.15. The van der Waals surface area contributed by atoms with E-state index in [2.05, 4.69) is 16.8 Å². The summed E-state index contributed by atoms with van der Waals surface area (Å²) in [6.07, 6.45) is 1.63. The summed E-state index contributed by atoms with van der Waals surface area (Å²) in [6.45, 7) is 2.80. The van der Waals surface area contributed by atoms with Gasteiger partial charge < -0.3 is 10.6 Å². The van der Waals surface area contributed by atoms with Crippen molar-refractivity contribution in [1.82, 2.24) is 9.88 Å². The van der Waals surface area contributed by atoms with Crippen molar-refractivity contribution in [3.8, 4) is 11.8 Å². The van der Waals surface area contributed by atoms with Crippen molar-refractivity contribution in [2.45, 2.75) is 13.5 Å². The summed E-state index contributed by atoms with van der Waals surface area (Å²) < 4.78 is 0. The first-order valence-electron chi connectivity index (χ1n) is 6.56. The van der Waals surface area contributed by atoms with Gasteiger partial charge in [0.1, 0.15) is 4.88 Å². The van der Waals surface area contributed by atoms with Crippen LogP contribution >= 0.6 is 11.3 Å². The number of carbonyl (C=O) groups excluding carboxylic acids is 1. The Kier molecular flexibility index (Phi) is 5.09. The molecule has 0 radical (unpaired) electrons. The Labute approximate surface area is 128 Å². The molecule has 1 aromatic heterocycles. The number of rotatable bonds is 3. The van der Waals surface area contributed by atoms with Crippen molar-refractivity contribution < 1.29 is 4.79 Å². The Hall–Kier alpha value is -2.16. The average Bonchev–Trinajstić information content (AvgIpc) is 2.92. The third-order valence-electron chi connectivity index (χ3n) is 2.89. The second kappa shape index (κ2) is 7.02. The number of carbonyl (C=O) groups is 1. The molecular formula is C16H17N3OS. The lowest BCUT2D eigenvalue weighted by Gasteiger charge is -2.16. The SMILES string of the molecule is Cc1ncc(C(=O)N(C)Cc2ccc(C#CCN)cc2)s1. The van der Waals surface area contributed by atoms with Crippen LogP contribution in [0.2, 0.25) is 0 Å². The van der Waals surface area contributed by atoms with Crippen LogP contribution in [-0.2, 0) is 6.54 Å². The van der Waals surface area contributed by atoms with E-state index in [1.165, 1.54) is 11.3 Å². The van der Waals surface area contributed by atoms with Crippen LogP contribution < -0.4 is 5.73 Å². The highest BCUT2D eigenvalue weighted by molar-refractivity contribution is 7.13. The van der Waals surface area contributed by atoms with Crippen LogP contribution in [-0.4, -0.2) is 29.4 Å². The van der Waals surface area contributed by atoms with Crippen LogP contribution in [0.25, 0.3) is 0 Å². The smallest absolute Gasteiger partial charge is 0.265 e. The van der Waals surface area contributed by atoms with Gasteiger partial charge in [-0.25, -0.2) is 4.98 Å². The number of thiazole rings is 1. The van der Waals surface area contributed by atoms with Gasteiger partial charge in [-0.05, 0) is 24.6 Å². The van der Waals surface area contributed by atoms with Crippen LogP contribution in [0.3, 0.4) is 0 Å². The van der Waals surface area contributed by atoms with Gasteiger partial charge in [0.25, 0.3) is 5.91 Å². The summed E-state index contributed by atoms with van der Waals surface area (Å²) in [4.78, 5) is 18.7. The Bertz CT molecular complexity index is 680. The lowest BCUT2D eigenvalue weighted by molar-refractivity contribution is 0.0789. The molecule has 0 fully saturated rings. The first-order valence-corrected chi connectivity index (χ1v) is 7.37. The number of aryl methyl sites for hydroxylation is 1. The number of nitrogens with two attached hydrogens (primary N) is 1. The minimum atomic E-state index is -0.00685. The lowest BCUT2D eigenvalue weighted by atomic mass is 10.1. The Morgan fingerprint density at radius 3 is 2.67 bits per heavy atom. The van der Waals surface area contributed by atoms with Crippen LogP contribution in [0, 0.1) is 18.8 Å². The van der Waals surface area contributed by atoms with E-state index in [0.29, 0.717) is 18.0 Å². The quantitative estimate of drug-likeness (QED) is 0.882. The molecule has 0 aliphatic heterocycles. The summed E-state index contributed by atoms with van der Waals surface area (Å²) in [7, 11) is 1.79. The third kappa shape index (κ3) is 4.15. The second-order valence-corrected chi connectivity index (χ2v) is 5.84. The maximum absolute atomic E-state index is 12.2. The first kappa shape index (κ1) is 15.2. The molecule has 4 nitrogen and oxygen atoms in total. The lowest BCUT2D eigenvalue weighted by Crippen LogP contribution is -2.25. The van der Waals surface area contributed by atoms with Gasteiger partial charge in [-0.1, -0.05) is 24.0 Å². The van der Waals surface area contributed by atoms with Crippen LogP contribution in [0.5, 0.6) is 0 Å². The maximum atomic E-state index is 12.2. The molecule has 1 heterocycles. The Morgan fingerprint density at radius 2 is 2.10 bits per heavy atom. The molecule has 108 valence electrons. The summed E-state index contributed by atoms with van der Waals surface area (Å²) in [5, 5.41) is 0.898. The molecule has 2 N–H and O–H groups in total. The number of nitrogens with zero attached hydrogens (tertiary/aromatic N) is 2. The monoisotopic (exact) mass is 299 g/mol. The zero-order valence-electron chi connectivity index (χ0n) is 12.1. The van der Waals surface area contributed by atoms with Crippen LogP contribution in [0.1, 0.15) is 25.8 Å². The van der Waals surface area contributed by atoms with E-state index in [1.54, 1.807) is 18.1 Å². The van der Waals surface area contributed by atoms with E-state index in [-0.39, 0.29) is 5.91 Å². The molecule has 2 aromatic rings. The van der Waals surface area contributed by atoms with Gasteiger partial charge in [0, 0.05) is 19.2 Å². The van der Waals surface area contributed by atoms with Crippen molar-refractivity contribution in [1.29, 1.82) is 0 Å². The van der Waals surface area contributed by atoms with Crippen molar-refractivity contribution in [2.24, 2.45) is 5.73 Å². The average molecular weight is 299 g/mol. The van der Waals surface area contributed by atoms with Gasteiger partial charge in [0.15, 0.2) is 0 Å². The van der Waals surface area contributed by atoms with Crippen LogP contribution in [0.4, 0.5) is 0 Å². The number of benzene rings is 1. The molecule has 0 spiro atoms. The van der Waals surface area contributed by atoms with E-state index in [1.807, 2.05) is 31.2 Å². The zero-order valence-corrected chi connectivity index (χ0v) is 12.9. The van der Waals surface area contributed by atoms with Gasteiger partial charge >= 0.3 is 0 Å². The molecule has 21 heavy (non-hydrogen) atoms. The maximum Gasteiger partial charge on any atom is 0.265 e. The number of amides is 1. The topological polar surface area (TPSA) is 59.2 Å². The molecule has 0 atom stereocenters. The normalized spacial score (nSPS) is 9.86. The van der Waals surface area contributed by atoms with Gasteiger partial charge in [0.05, 0.1) is 17.7 Å². The Balaban J connectivity index is 2.02. The molecule has 5 heteroatoms. The van der Waals surface area contributed by atoms with E-state index < -0.39 is 0 Å².